The molecule has 1 amide bonds. The first-order chi connectivity index (χ1) is 11.6. The number of methoxy groups -OCH3 is 1. The van der Waals surface area contributed by atoms with E-state index in [1.54, 1.807) is 13.2 Å². The van der Waals surface area contributed by atoms with Crippen molar-refractivity contribution in [1.82, 2.24) is 4.90 Å². The summed E-state index contributed by atoms with van der Waals surface area (Å²) in [6, 6.07) is 11.1. The number of carboxylic acids is 1. The minimum absolute atomic E-state index is 0.0788. The number of hydrogen-bond acceptors (Lipinski definition) is 4. The molecule has 1 aliphatic heterocycles. The lowest BCUT2D eigenvalue weighted by Gasteiger charge is -2.25. The van der Waals surface area contributed by atoms with Crippen molar-refractivity contribution in [1.29, 1.82) is 0 Å². The Morgan fingerprint density at radius 1 is 1.25 bits per heavy atom. The first kappa shape index (κ1) is 16.5. The second-order valence-electron chi connectivity index (χ2n) is 5.78. The van der Waals surface area contributed by atoms with Crippen LogP contribution in [-0.4, -0.2) is 41.6 Å². The van der Waals surface area contributed by atoms with Crippen LogP contribution in [0.15, 0.2) is 36.4 Å². The summed E-state index contributed by atoms with van der Waals surface area (Å²) in [4.78, 5) is 26.3. The molecule has 1 fully saturated rings. The maximum absolute atomic E-state index is 12.8. The van der Waals surface area contributed by atoms with Crippen LogP contribution in [0.2, 0.25) is 0 Å². The molecule has 1 unspecified atom stereocenters. The maximum atomic E-state index is 12.8. The molecular weight excluding hydrogens is 326 g/mol. The standard InChI is InChI=1S/C18H19NO4S/c1-23-14-7-3-2-5-12(14)11-13-6-4-10-19(13)17(20)15-8-9-16(24-15)18(21)22/h2-3,5,7-9,13H,4,6,10-11H2,1H3,(H,21,22). The number of para-hydroxylation sites is 1. The van der Waals surface area contributed by atoms with Crippen molar-refractivity contribution in [2.24, 2.45) is 0 Å². The van der Waals surface area contributed by atoms with Gasteiger partial charge >= 0.3 is 5.97 Å². The molecule has 1 aromatic heterocycles. The number of amides is 1. The highest BCUT2D eigenvalue weighted by Gasteiger charge is 2.31. The maximum Gasteiger partial charge on any atom is 0.345 e. The van der Waals surface area contributed by atoms with E-state index in [1.165, 1.54) is 6.07 Å². The molecule has 2 aromatic rings. The Morgan fingerprint density at radius 3 is 2.71 bits per heavy atom. The van der Waals surface area contributed by atoms with Crippen LogP contribution in [0.25, 0.3) is 0 Å². The van der Waals surface area contributed by atoms with Gasteiger partial charge in [-0.15, -0.1) is 11.3 Å². The van der Waals surface area contributed by atoms with Crippen LogP contribution < -0.4 is 4.74 Å². The summed E-state index contributed by atoms with van der Waals surface area (Å²) in [5.41, 5.74) is 1.09. The van der Waals surface area contributed by atoms with Crippen LogP contribution in [0.3, 0.4) is 0 Å². The molecular formula is C18H19NO4S. The van der Waals surface area contributed by atoms with Crippen LogP contribution in [0.5, 0.6) is 5.75 Å². The van der Waals surface area contributed by atoms with Gasteiger partial charge in [-0.2, -0.15) is 0 Å². The van der Waals surface area contributed by atoms with E-state index in [9.17, 15) is 9.59 Å². The summed E-state index contributed by atoms with van der Waals surface area (Å²) in [6.45, 7) is 0.707. The number of hydrogen-bond donors (Lipinski definition) is 1. The Labute approximate surface area is 144 Å². The molecule has 0 saturated carbocycles. The molecule has 0 radical (unpaired) electrons. The molecule has 0 aliphatic carbocycles. The Hall–Kier alpha value is -2.34. The highest BCUT2D eigenvalue weighted by Crippen LogP contribution is 2.28. The Kier molecular flexibility index (Phi) is 4.85. The number of ether oxygens (including phenoxy) is 1. The summed E-state index contributed by atoms with van der Waals surface area (Å²) < 4.78 is 5.40. The third kappa shape index (κ3) is 3.28. The highest BCUT2D eigenvalue weighted by molar-refractivity contribution is 7.15. The summed E-state index contributed by atoms with van der Waals surface area (Å²) in [6.07, 6.45) is 2.65. The molecule has 3 rings (SSSR count). The normalized spacial score (nSPS) is 17.0. The van der Waals surface area contributed by atoms with E-state index in [0.29, 0.717) is 11.4 Å². The Bertz CT molecular complexity index is 755. The molecule has 1 saturated heterocycles. The van der Waals surface area contributed by atoms with Gasteiger partial charge in [0.05, 0.1) is 12.0 Å². The van der Waals surface area contributed by atoms with Gasteiger partial charge in [0.15, 0.2) is 0 Å². The predicted octanol–water partition coefficient (Wildman–Crippen LogP) is 3.30. The first-order valence-corrected chi connectivity index (χ1v) is 8.68. The van der Waals surface area contributed by atoms with Gasteiger partial charge in [0.2, 0.25) is 0 Å². The van der Waals surface area contributed by atoms with Gasteiger partial charge in [-0.3, -0.25) is 4.79 Å². The average Bonchev–Trinajstić information content (AvgIpc) is 3.24. The van der Waals surface area contributed by atoms with Gasteiger partial charge < -0.3 is 14.7 Å². The monoisotopic (exact) mass is 345 g/mol. The molecule has 24 heavy (non-hydrogen) atoms. The van der Waals surface area contributed by atoms with Crippen molar-refractivity contribution in [3.05, 3.63) is 51.7 Å². The molecule has 1 aliphatic rings. The van der Waals surface area contributed by atoms with Gasteiger partial charge in [0.25, 0.3) is 5.91 Å². The SMILES string of the molecule is COc1ccccc1CC1CCCN1C(=O)c1ccc(C(=O)O)s1. The average molecular weight is 345 g/mol. The van der Waals surface area contributed by atoms with Gasteiger partial charge in [-0.05, 0) is 43.0 Å². The zero-order valence-corrected chi connectivity index (χ0v) is 14.2. The fraction of sp³-hybridized carbons (Fsp3) is 0.333. The van der Waals surface area contributed by atoms with Crippen molar-refractivity contribution in [2.45, 2.75) is 25.3 Å². The summed E-state index contributed by atoms with van der Waals surface area (Å²) >= 11 is 1.04. The zero-order valence-electron chi connectivity index (χ0n) is 13.4. The molecule has 6 heteroatoms. The van der Waals surface area contributed by atoms with Crippen molar-refractivity contribution in [3.8, 4) is 5.75 Å². The minimum Gasteiger partial charge on any atom is -0.496 e. The third-order valence-corrected chi connectivity index (χ3v) is 5.37. The van der Waals surface area contributed by atoms with E-state index in [2.05, 4.69) is 0 Å². The van der Waals surface area contributed by atoms with Crippen LogP contribution in [-0.2, 0) is 6.42 Å². The number of aromatic carboxylic acids is 1. The third-order valence-electron chi connectivity index (χ3n) is 4.31. The lowest BCUT2D eigenvalue weighted by molar-refractivity contribution is 0.0700. The van der Waals surface area contributed by atoms with Crippen LogP contribution in [0.4, 0.5) is 0 Å². The van der Waals surface area contributed by atoms with Crippen LogP contribution in [0, 0.1) is 0 Å². The van der Waals surface area contributed by atoms with E-state index in [4.69, 9.17) is 9.84 Å². The number of carboxylic acid groups (broad SMARTS) is 1. The van der Waals surface area contributed by atoms with Crippen LogP contribution in [0.1, 0.15) is 37.7 Å². The summed E-state index contributed by atoms with van der Waals surface area (Å²) in [5.74, 6) is -0.239. The number of nitrogens with zero attached hydrogens (tertiary/aromatic N) is 1. The quantitative estimate of drug-likeness (QED) is 0.903. The van der Waals surface area contributed by atoms with E-state index in [-0.39, 0.29) is 16.8 Å². The van der Waals surface area contributed by atoms with E-state index < -0.39 is 5.97 Å². The fourth-order valence-corrected chi connectivity index (χ4v) is 3.95. The molecule has 5 nitrogen and oxygen atoms in total. The van der Waals surface area contributed by atoms with Gasteiger partial charge in [0.1, 0.15) is 10.6 Å². The van der Waals surface area contributed by atoms with Crippen LogP contribution >= 0.6 is 11.3 Å². The number of carbonyl (C=O) groups excluding carboxylic acids is 1. The molecule has 1 aromatic carbocycles. The number of rotatable bonds is 5. The minimum atomic E-state index is -0.994. The van der Waals surface area contributed by atoms with Gasteiger partial charge in [-0.1, -0.05) is 18.2 Å². The smallest absolute Gasteiger partial charge is 0.345 e. The number of benzene rings is 1. The zero-order chi connectivity index (χ0) is 17.1. The van der Waals surface area contributed by atoms with Crippen molar-refractivity contribution >= 4 is 23.2 Å². The lowest BCUT2D eigenvalue weighted by atomic mass is 10.0. The topological polar surface area (TPSA) is 66.8 Å². The highest BCUT2D eigenvalue weighted by atomic mass is 32.1. The van der Waals surface area contributed by atoms with Gasteiger partial charge in [0, 0.05) is 12.6 Å². The summed E-state index contributed by atoms with van der Waals surface area (Å²) in [5, 5.41) is 9.02. The Morgan fingerprint density at radius 2 is 2.00 bits per heavy atom. The predicted molar refractivity (Wildman–Crippen MR) is 92.0 cm³/mol. The lowest BCUT2D eigenvalue weighted by Crippen LogP contribution is -2.36. The van der Waals surface area contributed by atoms with Gasteiger partial charge in [-0.25, -0.2) is 4.79 Å². The molecule has 1 atom stereocenters. The molecule has 126 valence electrons. The molecule has 2 heterocycles. The van der Waals surface area contributed by atoms with Crippen molar-refractivity contribution < 1.29 is 19.4 Å². The largest absolute Gasteiger partial charge is 0.496 e. The molecule has 1 N–H and O–H groups in total. The first-order valence-electron chi connectivity index (χ1n) is 7.86. The van der Waals surface area contributed by atoms with Crippen molar-refractivity contribution in [3.63, 3.8) is 0 Å². The van der Waals surface area contributed by atoms with E-state index >= 15 is 0 Å². The second-order valence-corrected chi connectivity index (χ2v) is 6.86. The van der Waals surface area contributed by atoms with Crippen molar-refractivity contribution in [2.75, 3.05) is 13.7 Å². The number of likely N-dealkylation sites (tertiary alicyclic amines) is 1. The Balaban J connectivity index is 1.77. The molecule has 0 spiro atoms. The summed E-state index contributed by atoms with van der Waals surface area (Å²) in [7, 11) is 1.65. The number of thiophene rings is 1. The van der Waals surface area contributed by atoms with E-state index in [0.717, 1.165) is 41.9 Å². The number of carbonyl (C=O) groups is 2. The second kappa shape index (κ2) is 7.05. The molecule has 0 bridgehead atoms. The van der Waals surface area contributed by atoms with E-state index in [1.807, 2.05) is 29.2 Å². The fourth-order valence-electron chi connectivity index (χ4n) is 3.15.